The second kappa shape index (κ2) is 12.6. The summed E-state index contributed by atoms with van der Waals surface area (Å²) in [6, 6.07) is 41.1. The number of hydrogen-bond acceptors (Lipinski definition) is 3. The molecule has 0 radical (unpaired) electrons. The Morgan fingerprint density at radius 2 is 1.47 bits per heavy atom. The van der Waals surface area contributed by atoms with Gasteiger partial charge >= 0.3 is 0 Å². The molecule has 0 aliphatic heterocycles. The van der Waals surface area contributed by atoms with E-state index in [1.54, 1.807) is 6.20 Å². The van der Waals surface area contributed by atoms with Crippen molar-refractivity contribution in [1.82, 2.24) is 19.1 Å². The van der Waals surface area contributed by atoms with E-state index in [1.165, 1.54) is 5.56 Å². The molecule has 0 fully saturated rings. The fraction of sp³-hybridized carbons (Fsp3) is 0.114. The first-order chi connectivity index (χ1) is 24.3. The van der Waals surface area contributed by atoms with Gasteiger partial charge in [-0.2, -0.15) is 0 Å². The average molecular weight is 843 g/mol. The van der Waals surface area contributed by atoms with Gasteiger partial charge in [-0.1, -0.05) is 128 Å². The summed E-state index contributed by atoms with van der Waals surface area (Å²) < 4.78 is 13.0. The van der Waals surface area contributed by atoms with Crippen molar-refractivity contribution in [1.29, 1.82) is 0 Å². The normalized spacial score (nSPS) is 13.8. The predicted molar refractivity (Wildman–Crippen MR) is 199 cm³/mol. The van der Waals surface area contributed by atoms with Gasteiger partial charge in [-0.3, -0.25) is 0 Å². The molecule has 8 aromatic rings. The van der Waals surface area contributed by atoms with Gasteiger partial charge < -0.3 is 23.4 Å². The van der Waals surface area contributed by atoms with Crippen molar-refractivity contribution in [2.45, 2.75) is 26.2 Å². The van der Waals surface area contributed by atoms with Crippen LogP contribution in [0.2, 0.25) is 0 Å². The third-order valence-corrected chi connectivity index (χ3v) is 9.38. The Hall–Kier alpha value is -5.58. The molecule has 6 nitrogen and oxygen atoms in total. The van der Waals surface area contributed by atoms with E-state index in [0.717, 1.165) is 66.7 Å². The average Bonchev–Trinajstić information content (AvgIpc) is 3.64. The van der Waals surface area contributed by atoms with Crippen LogP contribution in [0.5, 0.6) is 5.75 Å². The van der Waals surface area contributed by atoms with Crippen molar-refractivity contribution in [2.75, 3.05) is 0 Å². The smallest absolute Gasteiger partial charge is 0.242 e. The van der Waals surface area contributed by atoms with E-state index < -0.39 is 0 Å². The van der Waals surface area contributed by atoms with Crippen molar-refractivity contribution in [3.8, 4) is 22.7 Å². The minimum atomic E-state index is -0.0377. The topological polar surface area (TPSA) is 48.8 Å². The van der Waals surface area contributed by atoms with E-state index >= 15 is 0 Å². The number of rotatable bonds is 4. The Balaban J connectivity index is 0.00000374. The first kappa shape index (κ1) is 32.6. The zero-order valence-corrected chi connectivity index (χ0v) is 30.9. The monoisotopic (exact) mass is 842 g/mol. The molecule has 0 atom stereocenters. The molecule has 0 amide bonds. The van der Waals surface area contributed by atoms with Crippen molar-refractivity contribution >= 4 is 50.5 Å². The van der Waals surface area contributed by atoms with Crippen molar-refractivity contribution in [2.24, 2.45) is 7.05 Å². The fourth-order valence-corrected chi connectivity index (χ4v) is 6.88. The zero-order valence-electron chi connectivity index (χ0n) is 28.6. The number of fused-ring (bicyclic) bond motifs is 7. The van der Waals surface area contributed by atoms with Gasteiger partial charge in [-0.25, -0.2) is 4.98 Å². The van der Waals surface area contributed by atoms with Crippen LogP contribution in [0.25, 0.3) is 67.4 Å². The Kier molecular flexibility index (Phi) is 8.08. The van der Waals surface area contributed by atoms with Crippen molar-refractivity contribution in [3.05, 3.63) is 157 Å². The van der Waals surface area contributed by atoms with Crippen LogP contribution in [0.4, 0.5) is 0 Å². The van der Waals surface area contributed by atoms with Crippen LogP contribution in [0, 0.1) is 18.5 Å². The molecule has 0 bridgehead atoms. The first-order valence-corrected chi connectivity index (χ1v) is 16.7. The summed E-state index contributed by atoms with van der Waals surface area (Å²) in [5.41, 5.74) is 10.8. The zero-order chi connectivity index (χ0) is 34.0. The number of nitrogens with zero attached hydrogens (tertiary/aromatic N) is 5. The molecule has 0 N–H and O–H groups in total. The van der Waals surface area contributed by atoms with Crippen molar-refractivity contribution in [3.63, 3.8) is 0 Å². The SMILES string of the molecule is Cn1[c-][n+](/C2=C/c3ccccc3-c3ccccc3C(Oc3[c-]c4c(nc3)c3ccccc3n4-c3cc(C(C)(C)C)ccn3)=[C-]2)c2ccccc21.[Pt]. The number of aromatic nitrogens is 5. The number of ether oxygens (including phenoxy) is 1. The molecule has 4 aromatic heterocycles. The van der Waals surface area contributed by atoms with Gasteiger partial charge in [-0.15, -0.1) is 24.3 Å². The minimum absolute atomic E-state index is 0. The van der Waals surface area contributed by atoms with Gasteiger partial charge in [0, 0.05) is 44.3 Å². The van der Waals surface area contributed by atoms with Crippen LogP contribution in [-0.2, 0) is 33.5 Å². The standard InChI is InChI=1S/C44H33N5O.Pt/c1-44(2,3)30-21-22-45-42(24-30)49-37-18-10-9-17-36(37)43-40(49)26-32(27-46-43)50-41-25-31(48-28-47(4)38-19-11-12-20-39(38)48)23-29-13-5-6-14-33(29)34-15-7-8-16-35(34)41;/h5-24,27H,1-4H3;/q-2;/b29-23?,31-23+,34-33?,41-35?;. The molecule has 7 heteroatoms. The van der Waals surface area contributed by atoms with Crippen molar-refractivity contribution < 1.29 is 30.4 Å². The molecular formula is C44H33N5OPt-2. The first-order valence-electron chi connectivity index (χ1n) is 16.7. The Morgan fingerprint density at radius 1 is 0.765 bits per heavy atom. The van der Waals surface area contributed by atoms with Crippen LogP contribution in [-0.4, -0.2) is 19.1 Å². The number of pyridine rings is 2. The number of allylic oxidation sites excluding steroid dienone is 2. The van der Waals surface area contributed by atoms with Crippen LogP contribution in [0.1, 0.15) is 37.5 Å². The summed E-state index contributed by atoms with van der Waals surface area (Å²) in [6.07, 6.45) is 12.9. The maximum absolute atomic E-state index is 6.85. The van der Waals surface area contributed by atoms with E-state index in [1.807, 2.05) is 52.7 Å². The van der Waals surface area contributed by atoms with E-state index in [9.17, 15) is 0 Å². The fourth-order valence-electron chi connectivity index (χ4n) is 6.88. The quantitative estimate of drug-likeness (QED) is 0.131. The Bertz CT molecular complexity index is 2690. The molecule has 0 unspecified atom stereocenters. The maximum Gasteiger partial charge on any atom is 0.242 e. The van der Waals surface area contributed by atoms with Crippen LogP contribution in [0.3, 0.4) is 0 Å². The molecule has 0 saturated heterocycles. The van der Waals surface area contributed by atoms with Gasteiger partial charge in [0.25, 0.3) is 0 Å². The van der Waals surface area contributed by atoms with Crippen LogP contribution < -0.4 is 9.30 Å². The molecule has 1 aliphatic carbocycles. The molecule has 4 aromatic carbocycles. The number of aryl methyl sites for hydroxylation is 1. The summed E-state index contributed by atoms with van der Waals surface area (Å²) >= 11 is 0. The molecule has 4 heterocycles. The third kappa shape index (κ3) is 5.60. The molecule has 0 spiro atoms. The minimum Gasteiger partial charge on any atom is -0.508 e. The second-order valence-corrected chi connectivity index (χ2v) is 13.7. The summed E-state index contributed by atoms with van der Waals surface area (Å²) in [6.45, 7) is 6.64. The van der Waals surface area contributed by atoms with Gasteiger partial charge in [0.15, 0.2) is 0 Å². The molecule has 51 heavy (non-hydrogen) atoms. The molecule has 1 aliphatic rings. The summed E-state index contributed by atoms with van der Waals surface area (Å²) in [7, 11) is 2.01. The molecule has 252 valence electrons. The Morgan fingerprint density at radius 3 is 2.29 bits per heavy atom. The molecule has 0 saturated carbocycles. The van der Waals surface area contributed by atoms with E-state index in [4.69, 9.17) is 14.7 Å². The van der Waals surface area contributed by atoms with Crippen LogP contribution in [0.15, 0.2) is 122 Å². The van der Waals surface area contributed by atoms with E-state index in [0.29, 0.717) is 11.5 Å². The predicted octanol–water partition coefficient (Wildman–Crippen LogP) is 9.15. The number of hydrogen-bond donors (Lipinski definition) is 0. The van der Waals surface area contributed by atoms with Crippen LogP contribution >= 0.6 is 0 Å². The second-order valence-electron chi connectivity index (χ2n) is 13.7. The summed E-state index contributed by atoms with van der Waals surface area (Å²) in [4.78, 5) is 9.80. The number of para-hydroxylation sites is 3. The van der Waals surface area contributed by atoms with E-state index in [-0.39, 0.29) is 26.5 Å². The third-order valence-electron chi connectivity index (χ3n) is 9.38. The summed E-state index contributed by atoms with van der Waals surface area (Å²) in [5.74, 6) is 1.85. The van der Waals surface area contributed by atoms with Gasteiger partial charge in [0.1, 0.15) is 5.82 Å². The molecule has 9 rings (SSSR count). The number of imidazole rings is 1. The Labute approximate surface area is 311 Å². The molecular weight excluding hydrogens is 810 g/mol. The number of benzene rings is 4. The van der Waals surface area contributed by atoms with Gasteiger partial charge in [0.2, 0.25) is 6.33 Å². The van der Waals surface area contributed by atoms with Gasteiger partial charge in [0.05, 0.1) is 18.1 Å². The maximum atomic E-state index is 6.85. The van der Waals surface area contributed by atoms with E-state index in [2.05, 4.69) is 129 Å². The van der Waals surface area contributed by atoms with Gasteiger partial charge in [-0.05, 0) is 57.4 Å². The largest absolute Gasteiger partial charge is 0.508 e. The summed E-state index contributed by atoms with van der Waals surface area (Å²) in [5, 5.41) is 1.03.